The van der Waals surface area contributed by atoms with Gasteiger partial charge in [-0.15, -0.1) is 0 Å². The fourth-order valence-corrected chi connectivity index (χ4v) is 1.90. The van der Waals surface area contributed by atoms with Crippen LogP contribution in [0.1, 0.15) is 19.4 Å². The Morgan fingerprint density at radius 1 is 1.38 bits per heavy atom. The third-order valence-corrected chi connectivity index (χ3v) is 3.22. The summed E-state index contributed by atoms with van der Waals surface area (Å²) in [4.78, 5) is 22.8. The van der Waals surface area contributed by atoms with Crippen LogP contribution in [0.3, 0.4) is 0 Å². The van der Waals surface area contributed by atoms with Crippen LogP contribution in [-0.2, 0) is 16.0 Å². The number of aliphatic carboxylic acids is 1. The Morgan fingerprint density at radius 3 is 2.52 bits per heavy atom. The standard InChI is InChI=1S/C15H20FNO4/c1-9(2)11(15(19)20)8-17-14(18)7-10-4-5-13(21-3)12(16)6-10/h4-6,9,11H,7-8H2,1-3H3,(H,17,18)(H,19,20). The van der Waals surface area contributed by atoms with E-state index in [9.17, 15) is 14.0 Å². The van der Waals surface area contributed by atoms with Gasteiger partial charge in [0.05, 0.1) is 19.4 Å². The molecule has 1 atom stereocenters. The predicted octanol–water partition coefficient (Wildman–Crippen LogP) is 1.85. The molecule has 21 heavy (non-hydrogen) atoms. The third-order valence-electron chi connectivity index (χ3n) is 3.22. The minimum atomic E-state index is -0.944. The number of carbonyl (C=O) groups is 2. The van der Waals surface area contributed by atoms with Gasteiger partial charge in [0.2, 0.25) is 5.91 Å². The maximum Gasteiger partial charge on any atom is 0.308 e. The van der Waals surface area contributed by atoms with Crippen LogP contribution in [-0.4, -0.2) is 30.6 Å². The lowest BCUT2D eigenvalue weighted by Gasteiger charge is -2.16. The van der Waals surface area contributed by atoms with Crippen molar-refractivity contribution in [3.63, 3.8) is 0 Å². The molecule has 2 N–H and O–H groups in total. The number of carboxylic acid groups (broad SMARTS) is 1. The maximum absolute atomic E-state index is 13.5. The summed E-state index contributed by atoms with van der Waals surface area (Å²) in [6.07, 6.45) is -0.00858. The number of nitrogens with one attached hydrogen (secondary N) is 1. The van der Waals surface area contributed by atoms with Gasteiger partial charge in [0.1, 0.15) is 0 Å². The van der Waals surface area contributed by atoms with Crippen molar-refractivity contribution in [3.8, 4) is 5.75 Å². The van der Waals surface area contributed by atoms with Crippen LogP contribution in [0.15, 0.2) is 18.2 Å². The molecule has 0 aliphatic heterocycles. The van der Waals surface area contributed by atoms with Crippen molar-refractivity contribution in [2.75, 3.05) is 13.7 Å². The summed E-state index contributed by atoms with van der Waals surface area (Å²) in [7, 11) is 1.36. The summed E-state index contributed by atoms with van der Waals surface area (Å²) in [5.41, 5.74) is 0.502. The minimum Gasteiger partial charge on any atom is -0.494 e. The Kier molecular flexibility index (Phi) is 6.14. The van der Waals surface area contributed by atoms with E-state index in [1.807, 2.05) is 0 Å². The Morgan fingerprint density at radius 2 is 2.05 bits per heavy atom. The molecule has 0 radical (unpaired) electrons. The Balaban J connectivity index is 2.58. The second kappa shape index (κ2) is 7.61. The van der Waals surface area contributed by atoms with Gasteiger partial charge in [0, 0.05) is 6.54 Å². The van der Waals surface area contributed by atoms with E-state index in [0.717, 1.165) is 0 Å². The molecule has 1 unspecified atom stereocenters. The van der Waals surface area contributed by atoms with Crippen LogP contribution in [0, 0.1) is 17.7 Å². The molecule has 1 aromatic carbocycles. The van der Waals surface area contributed by atoms with Gasteiger partial charge in [-0.05, 0) is 23.6 Å². The molecule has 0 heterocycles. The normalized spacial score (nSPS) is 12.0. The molecule has 0 saturated carbocycles. The Hall–Kier alpha value is -2.11. The summed E-state index contributed by atoms with van der Waals surface area (Å²) in [6, 6.07) is 4.28. The van der Waals surface area contributed by atoms with E-state index in [0.29, 0.717) is 5.56 Å². The third kappa shape index (κ3) is 5.06. The number of methoxy groups -OCH3 is 1. The van der Waals surface area contributed by atoms with Gasteiger partial charge in [0.15, 0.2) is 11.6 Å². The number of ether oxygens (including phenoxy) is 1. The molecule has 0 aliphatic rings. The maximum atomic E-state index is 13.5. The number of hydrogen-bond acceptors (Lipinski definition) is 3. The SMILES string of the molecule is COc1ccc(CC(=O)NCC(C(=O)O)C(C)C)cc1F. The zero-order chi connectivity index (χ0) is 16.0. The molecule has 0 fully saturated rings. The number of halogens is 1. The summed E-state index contributed by atoms with van der Waals surface area (Å²) in [5.74, 6) is -2.42. The second-order valence-corrected chi connectivity index (χ2v) is 5.14. The van der Waals surface area contributed by atoms with Crippen LogP contribution in [0.2, 0.25) is 0 Å². The summed E-state index contributed by atoms with van der Waals surface area (Å²) < 4.78 is 18.3. The van der Waals surface area contributed by atoms with Gasteiger partial charge in [-0.1, -0.05) is 19.9 Å². The van der Waals surface area contributed by atoms with E-state index in [2.05, 4.69) is 5.32 Å². The molecule has 6 heteroatoms. The van der Waals surface area contributed by atoms with Crippen LogP contribution in [0.5, 0.6) is 5.75 Å². The van der Waals surface area contributed by atoms with Gasteiger partial charge in [-0.2, -0.15) is 0 Å². The minimum absolute atomic E-state index is 0.00858. The van der Waals surface area contributed by atoms with Crippen molar-refractivity contribution in [1.29, 1.82) is 0 Å². The highest BCUT2D eigenvalue weighted by Crippen LogP contribution is 2.18. The summed E-state index contributed by atoms with van der Waals surface area (Å²) in [6.45, 7) is 3.62. The van der Waals surface area contributed by atoms with E-state index in [1.54, 1.807) is 19.9 Å². The van der Waals surface area contributed by atoms with Crippen LogP contribution in [0.25, 0.3) is 0 Å². The molecule has 0 aliphatic carbocycles. The lowest BCUT2D eigenvalue weighted by atomic mass is 9.96. The number of hydrogen-bond donors (Lipinski definition) is 2. The zero-order valence-corrected chi connectivity index (χ0v) is 12.4. The molecule has 1 amide bonds. The van der Waals surface area contributed by atoms with Gasteiger partial charge < -0.3 is 15.2 Å². The highest BCUT2D eigenvalue weighted by molar-refractivity contribution is 5.79. The van der Waals surface area contributed by atoms with Crippen molar-refractivity contribution >= 4 is 11.9 Å². The summed E-state index contributed by atoms with van der Waals surface area (Å²) >= 11 is 0. The van der Waals surface area contributed by atoms with Crippen molar-refractivity contribution in [2.24, 2.45) is 11.8 Å². The zero-order valence-electron chi connectivity index (χ0n) is 12.4. The lowest BCUT2D eigenvalue weighted by Crippen LogP contribution is -2.36. The topological polar surface area (TPSA) is 75.6 Å². The number of benzene rings is 1. The van der Waals surface area contributed by atoms with Crippen molar-refractivity contribution < 1.29 is 23.8 Å². The van der Waals surface area contributed by atoms with E-state index in [1.165, 1.54) is 19.2 Å². The average molecular weight is 297 g/mol. The van der Waals surface area contributed by atoms with Crippen molar-refractivity contribution in [1.82, 2.24) is 5.32 Å². The van der Waals surface area contributed by atoms with Crippen molar-refractivity contribution in [2.45, 2.75) is 20.3 Å². The highest BCUT2D eigenvalue weighted by atomic mass is 19.1. The Bertz CT molecular complexity index is 516. The molecular weight excluding hydrogens is 277 g/mol. The largest absolute Gasteiger partial charge is 0.494 e. The first-order valence-corrected chi connectivity index (χ1v) is 6.67. The van der Waals surface area contributed by atoms with Gasteiger partial charge in [-0.3, -0.25) is 9.59 Å². The van der Waals surface area contributed by atoms with Crippen LogP contribution >= 0.6 is 0 Å². The summed E-state index contributed by atoms with van der Waals surface area (Å²) in [5, 5.41) is 11.6. The number of rotatable bonds is 7. The van der Waals surface area contributed by atoms with Crippen LogP contribution < -0.4 is 10.1 Å². The first-order valence-electron chi connectivity index (χ1n) is 6.67. The van der Waals surface area contributed by atoms with E-state index < -0.39 is 17.7 Å². The van der Waals surface area contributed by atoms with E-state index in [-0.39, 0.29) is 30.5 Å². The molecule has 5 nitrogen and oxygen atoms in total. The van der Waals surface area contributed by atoms with Crippen LogP contribution in [0.4, 0.5) is 4.39 Å². The van der Waals surface area contributed by atoms with Gasteiger partial charge in [-0.25, -0.2) is 4.39 Å². The fraction of sp³-hybridized carbons (Fsp3) is 0.467. The lowest BCUT2D eigenvalue weighted by molar-refractivity contribution is -0.143. The van der Waals surface area contributed by atoms with Gasteiger partial charge >= 0.3 is 5.97 Å². The van der Waals surface area contributed by atoms with Gasteiger partial charge in [0.25, 0.3) is 0 Å². The first-order chi connectivity index (χ1) is 9.85. The van der Waals surface area contributed by atoms with E-state index >= 15 is 0 Å². The second-order valence-electron chi connectivity index (χ2n) is 5.14. The molecular formula is C15H20FNO4. The molecule has 0 saturated heterocycles. The number of carboxylic acids is 1. The molecule has 0 bridgehead atoms. The fourth-order valence-electron chi connectivity index (χ4n) is 1.90. The monoisotopic (exact) mass is 297 g/mol. The molecule has 0 spiro atoms. The van der Waals surface area contributed by atoms with Crippen molar-refractivity contribution in [3.05, 3.63) is 29.6 Å². The highest BCUT2D eigenvalue weighted by Gasteiger charge is 2.22. The van der Waals surface area contributed by atoms with E-state index in [4.69, 9.17) is 9.84 Å². The quantitative estimate of drug-likeness (QED) is 0.805. The molecule has 1 aromatic rings. The Labute approximate surface area is 123 Å². The average Bonchev–Trinajstić information content (AvgIpc) is 2.38. The first kappa shape index (κ1) is 16.9. The smallest absolute Gasteiger partial charge is 0.308 e. The molecule has 0 aromatic heterocycles. The molecule has 116 valence electrons. The number of carbonyl (C=O) groups excluding carboxylic acids is 1. The number of amides is 1. The molecule has 1 rings (SSSR count). The predicted molar refractivity (Wildman–Crippen MR) is 75.6 cm³/mol.